The van der Waals surface area contributed by atoms with E-state index in [4.69, 9.17) is 4.74 Å². The van der Waals surface area contributed by atoms with Crippen LogP contribution in [0.1, 0.15) is 5.56 Å². The molecule has 2 aromatic carbocycles. The molecule has 1 amide bonds. The van der Waals surface area contributed by atoms with E-state index in [-0.39, 0.29) is 11.7 Å². The molecule has 1 aliphatic heterocycles. The number of nitrogens with one attached hydrogen (secondary N) is 1. The third kappa shape index (κ3) is 4.37. The van der Waals surface area contributed by atoms with E-state index in [1.165, 1.54) is 17.7 Å². The maximum absolute atomic E-state index is 13.2. The van der Waals surface area contributed by atoms with E-state index < -0.39 is 6.10 Å². The molecule has 1 aliphatic rings. The molecular formula is C18H19FN2O2. The number of anilines is 1. The summed E-state index contributed by atoms with van der Waals surface area (Å²) in [5.74, 6) is -0.619. The lowest BCUT2D eigenvalue weighted by Crippen LogP contribution is -2.47. The lowest BCUT2D eigenvalue weighted by molar-refractivity contribution is -0.133. The van der Waals surface area contributed by atoms with Gasteiger partial charge in [-0.25, -0.2) is 4.39 Å². The van der Waals surface area contributed by atoms with Crippen LogP contribution in [-0.2, 0) is 16.1 Å². The van der Waals surface area contributed by atoms with Crippen LogP contribution in [0.5, 0.6) is 0 Å². The number of carbonyl (C=O) groups is 1. The van der Waals surface area contributed by atoms with E-state index in [0.717, 1.165) is 13.1 Å². The molecule has 23 heavy (non-hydrogen) atoms. The first-order valence-electron chi connectivity index (χ1n) is 7.65. The predicted molar refractivity (Wildman–Crippen MR) is 86.5 cm³/mol. The van der Waals surface area contributed by atoms with Crippen molar-refractivity contribution in [2.75, 3.05) is 25.0 Å². The van der Waals surface area contributed by atoms with Crippen molar-refractivity contribution in [3.63, 3.8) is 0 Å². The number of halogens is 1. The fourth-order valence-electron chi connectivity index (χ4n) is 2.64. The molecule has 1 fully saturated rings. The highest BCUT2D eigenvalue weighted by atomic mass is 19.1. The van der Waals surface area contributed by atoms with E-state index in [1.54, 1.807) is 12.1 Å². The first-order valence-corrected chi connectivity index (χ1v) is 7.65. The minimum Gasteiger partial charge on any atom is -0.366 e. The van der Waals surface area contributed by atoms with Crippen LogP contribution in [0.2, 0.25) is 0 Å². The number of hydrogen-bond donors (Lipinski definition) is 1. The molecular weight excluding hydrogens is 295 g/mol. The Balaban J connectivity index is 1.58. The van der Waals surface area contributed by atoms with Gasteiger partial charge in [-0.3, -0.25) is 9.69 Å². The number of rotatable bonds is 4. The van der Waals surface area contributed by atoms with Crippen LogP contribution < -0.4 is 5.32 Å². The number of morpholine rings is 1. The van der Waals surface area contributed by atoms with Crippen LogP contribution >= 0.6 is 0 Å². The van der Waals surface area contributed by atoms with Crippen molar-refractivity contribution in [1.29, 1.82) is 0 Å². The van der Waals surface area contributed by atoms with Crippen molar-refractivity contribution >= 4 is 11.6 Å². The summed E-state index contributed by atoms with van der Waals surface area (Å²) in [6, 6.07) is 16.0. The summed E-state index contributed by atoms with van der Waals surface area (Å²) in [4.78, 5) is 14.5. The standard InChI is InChI=1S/C18H19FN2O2/c19-15-7-4-8-16(11-15)20-18(22)17-13-21(9-10-23-17)12-14-5-2-1-3-6-14/h1-8,11,17H,9-10,12-13H2,(H,20,22). The molecule has 120 valence electrons. The van der Waals surface area contributed by atoms with E-state index in [2.05, 4.69) is 22.3 Å². The number of benzene rings is 2. The largest absolute Gasteiger partial charge is 0.366 e. The van der Waals surface area contributed by atoms with Crippen LogP contribution in [0.25, 0.3) is 0 Å². The van der Waals surface area contributed by atoms with Crippen LogP contribution in [0.4, 0.5) is 10.1 Å². The normalized spacial score (nSPS) is 18.6. The van der Waals surface area contributed by atoms with Gasteiger partial charge in [0.25, 0.3) is 5.91 Å². The number of nitrogens with zero attached hydrogens (tertiary/aromatic N) is 1. The number of hydrogen-bond acceptors (Lipinski definition) is 3. The fraction of sp³-hybridized carbons (Fsp3) is 0.278. The summed E-state index contributed by atoms with van der Waals surface area (Å²) in [6.45, 7) is 2.61. The Morgan fingerprint density at radius 1 is 1.22 bits per heavy atom. The highest BCUT2D eigenvalue weighted by molar-refractivity contribution is 5.94. The van der Waals surface area contributed by atoms with Crippen molar-refractivity contribution in [2.45, 2.75) is 12.6 Å². The second-order valence-electron chi connectivity index (χ2n) is 5.58. The van der Waals surface area contributed by atoms with Gasteiger partial charge in [-0.2, -0.15) is 0 Å². The molecule has 4 nitrogen and oxygen atoms in total. The van der Waals surface area contributed by atoms with Gasteiger partial charge < -0.3 is 10.1 Å². The fourth-order valence-corrected chi connectivity index (χ4v) is 2.64. The Kier molecular flexibility index (Phi) is 5.00. The molecule has 0 aromatic heterocycles. The lowest BCUT2D eigenvalue weighted by Gasteiger charge is -2.32. The van der Waals surface area contributed by atoms with E-state index in [1.807, 2.05) is 18.2 Å². The van der Waals surface area contributed by atoms with Crippen molar-refractivity contribution in [1.82, 2.24) is 4.90 Å². The zero-order valence-corrected chi connectivity index (χ0v) is 12.7. The molecule has 1 unspecified atom stereocenters. The molecule has 1 saturated heterocycles. The molecule has 1 heterocycles. The highest BCUT2D eigenvalue weighted by Crippen LogP contribution is 2.14. The Morgan fingerprint density at radius 3 is 2.83 bits per heavy atom. The molecule has 3 rings (SSSR count). The van der Waals surface area contributed by atoms with Crippen LogP contribution in [0.3, 0.4) is 0 Å². The van der Waals surface area contributed by atoms with E-state index >= 15 is 0 Å². The van der Waals surface area contributed by atoms with Gasteiger partial charge in [0.2, 0.25) is 0 Å². The Bertz CT molecular complexity index is 663. The van der Waals surface area contributed by atoms with Crippen molar-refractivity contribution in [3.8, 4) is 0 Å². The first kappa shape index (κ1) is 15.6. The lowest BCUT2D eigenvalue weighted by atomic mass is 10.2. The Labute approximate surface area is 134 Å². The van der Waals surface area contributed by atoms with E-state index in [0.29, 0.717) is 18.8 Å². The molecule has 0 bridgehead atoms. The average Bonchev–Trinajstić information content (AvgIpc) is 2.56. The molecule has 5 heteroatoms. The maximum Gasteiger partial charge on any atom is 0.254 e. The maximum atomic E-state index is 13.2. The second kappa shape index (κ2) is 7.35. The van der Waals surface area contributed by atoms with Gasteiger partial charge in [0.05, 0.1) is 6.61 Å². The van der Waals surface area contributed by atoms with E-state index in [9.17, 15) is 9.18 Å². The second-order valence-corrected chi connectivity index (χ2v) is 5.58. The van der Waals surface area contributed by atoms with Crippen molar-refractivity contribution in [2.24, 2.45) is 0 Å². The van der Waals surface area contributed by atoms with Gasteiger partial charge in [0.1, 0.15) is 11.9 Å². The molecule has 0 spiro atoms. The topological polar surface area (TPSA) is 41.6 Å². The third-order valence-corrected chi connectivity index (χ3v) is 3.78. The SMILES string of the molecule is O=C(Nc1cccc(F)c1)C1CN(Cc2ccccc2)CCO1. The highest BCUT2D eigenvalue weighted by Gasteiger charge is 2.26. The third-order valence-electron chi connectivity index (χ3n) is 3.78. The number of carbonyl (C=O) groups excluding carboxylic acids is 1. The summed E-state index contributed by atoms with van der Waals surface area (Å²) in [5, 5.41) is 2.71. The molecule has 1 atom stereocenters. The molecule has 0 radical (unpaired) electrons. The monoisotopic (exact) mass is 314 g/mol. The number of ether oxygens (including phenoxy) is 1. The Hall–Kier alpha value is -2.24. The molecule has 0 saturated carbocycles. The van der Waals surface area contributed by atoms with Crippen LogP contribution in [-0.4, -0.2) is 36.6 Å². The van der Waals surface area contributed by atoms with Gasteiger partial charge in [0, 0.05) is 25.3 Å². The minimum atomic E-state index is -0.546. The number of amides is 1. The average molecular weight is 314 g/mol. The van der Waals surface area contributed by atoms with Gasteiger partial charge >= 0.3 is 0 Å². The summed E-state index contributed by atoms with van der Waals surface area (Å²) >= 11 is 0. The van der Waals surface area contributed by atoms with Crippen molar-refractivity contribution < 1.29 is 13.9 Å². The van der Waals surface area contributed by atoms with Crippen LogP contribution in [0, 0.1) is 5.82 Å². The van der Waals surface area contributed by atoms with Gasteiger partial charge in [-0.1, -0.05) is 36.4 Å². The predicted octanol–water partition coefficient (Wildman–Crippen LogP) is 2.67. The summed E-state index contributed by atoms with van der Waals surface area (Å²) in [7, 11) is 0. The van der Waals surface area contributed by atoms with Crippen molar-refractivity contribution in [3.05, 3.63) is 66.0 Å². The smallest absolute Gasteiger partial charge is 0.254 e. The molecule has 2 aromatic rings. The van der Waals surface area contributed by atoms with Gasteiger partial charge in [-0.05, 0) is 23.8 Å². The zero-order valence-electron chi connectivity index (χ0n) is 12.7. The van der Waals surface area contributed by atoms with Gasteiger partial charge in [0.15, 0.2) is 0 Å². The minimum absolute atomic E-state index is 0.242. The van der Waals surface area contributed by atoms with Gasteiger partial charge in [-0.15, -0.1) is 0 Å². The Morgan fingerprint density at radius 2 is 2.04 bits per heavy atom. The summed E-state index contributed by atoms with van der Waals surface area (Å²) < 4.78 is 18.7. The molecule has 0 aliphatic carbocycles. The quantitative estimate of drug-likeness (QED) is 0.943. The zero-order chi connectivity index (χ0) is 16.1. The molecule has 1 N–H and O–H groups in total. The first-order chi connectivity index (χ1) is 11.2. The summed E-state index contributed by atoms with van der Waals surface area (Å²) in [6.07, 6.45) is -0.546. The summed E-state index contributed by atoms with van der Waals surface area (Å²) in [5.41, 5.74) is 1.65. The van der Waals surface area contributed by atoms with Crippen LogP contribution in [0.15, 0.2) is 54.6 Å².